The Labute approximate surface area is 237 Å². The van der Waals surface area contributed by atoms with Crippen LogP contribution in [0.4, 0.5) is 13.2 Å². The van der Waals surface area contributed by atoms with Crippen molar-refractivity contribution in [2.75, 3.05) is 26.7 Å². The summed E-state index contributed by atoms with van der Waals surface area (Å²) in [6.07, 6.45) is 0.335. The molecule has 4 aromatic rings. The molecule has 40 heavy (non-hydrogen) atoms. The zero-order valence-electron chi connectivity index (χ0n) is 22.4. The van der Waals surface area contributed by atoms with E-state index in [2.05, 4.69) is 43.9 Å². The lowest BCUT2D eigenvalue weighted by atomic mass is 10.0. The summed E-state index contributed by atoms with van der Waals surface area (Å²) in [6.45, 7) is 4.40. The van der Waals surface area contributed by atoms with Crippen molar-refractivity contribution < 1.29 is 22.6 Å². The molecule has 212 valence electrons. The fraction of sp³-hybridized carbons (Fsp3) is 0.355. The SMILES string of the molecule is CNCCCn1cc(-c2ccc(OC(F)(F)F)cc2)c2cc(CN3CCC(Oc4ccccc4Cl)CC3)ccc21. The van der Waals surface area contributed by atoms with Crippen LogP contribution in [-0.4, -0.2) is 48.6 Å². The third-order valence-corrected chi connectivity index (χ3v) is 7.55. The molecule has 1 aliphatic rings. The van der Waals surface area contributed by atoms with Crippen molar-refractivity contribution in [3.05, 3.63) is 83.5 Å². The van der Waals surface area contributed by atoms with Gasteiger partial charge in [0.2, 0.25) is 0 Å². The van der Waals surface area contributed by atoms with E-state index in [1.165, 1.54) is 17.7 Å². The average molecular weight is 572 g/mol. The van der Waals surface area contributed by atoms with Crippen LogP contribution in [0, 0.1) is 0 Å². The summed E-state index contributed by atoms with van der Waals surface area (Å²) < 4.78 is 50.4. The molecular formula is C31H33ClF3N3O2. The highest BCUT2D eigenvalue weighted by Crippen LogP contribution is 2.34. The third-order valence-electron chi connectivity index (χ3n) is 7.24. The highest BCUT2D eigenvalue weighted by molar-refractivity contribution is 6.32. The normalized spacial score (nSPS) is 15.0. The first-order valence-electron chi connectivity index (χ1n) is 13.5. The van der Waals surface area contributed by atoms with E-state index in [1.54, 1.807) is 12.1 Å². The van der Waals surface area contributed by atoms with Gasteiger partial charge >= 0.3 is 6.36 Å². The van der Waals surface area contributed by atoms with Crippen molar-refractivity contribution in [1.82, 2.24) is 14.8 Å². The van der Waals surface area contributed by atoms with Crippen LogP contribution in [0.25, 0.3) is 22.0 Å². The number of hydrogen-bond donors (Lipinski definition) is 1. The molecule has 5 nitrogen and oxygen atoms in total. The predicted octanol–water partition coefficient (Wildman–Crippen LogP) is 7.51. The molecule has 2 heterocycles. The van der Waals surface area contributed by atoms with Crippen molar-refractivity contribution in [1.29, 1.82) is 0 Å². The van der Waals surface area contributed by atoms with Gasteiger partial charge in [-0.15, -0.1) is 13.2 Å². The predicted molar refractivity (Wildman–Crippen MR) is 153 cm³/mol. The number of hydrogen-bond acceptors (Lipinski definition) is 4. The topological polar surface area (TPSA) is 38.7 Å². The maximum atomic E-state index is 12.6. The van der Waals surface area contributed by atoms with E-state index in [4.69, 9.17) is 16.3 Å². The van der Waals surface area contributed by atoms with E-state index in [1.807, 2.05) is 31.3 Å². The van der Waals surface area contributed by atoms with Crippen LogP contribution in [0.2, 0.25) is 5.02 Å². The Morgan fingerprint density at radius 1 is 1.00 bits per heavy atom. The van der Waals surface area contributed by atoms with Gasteiger partial charge in [0.05, 0.1) is 5.02 Å². The lowest BCUT2D eigenvalue weighted by Crippen LogP contribution is -2.37. The lowest BCUT2D eigenvalue weighted by Gasteiger charge is -2.32. The Morgan fingerprint density at radius 3 is 2.45 bits per heavy atom. The van der Waals surface area contributed by atoms with Crippen LogP contribution in [-0.2, 0) is 13.1 Å². The molecule has 0 amide bonds. The number of para-hydroxylation sites is 1. The first kappa shape index (κ1) is 28.3. The first-order chi connectivity index (χ1) is 19.3. The number of halogens is 4. The van der Waals surface area contributed by atoms with E-state index in [9.17, 15) is 13.2 Å². The molecule has 0 bridgehead atoms. The van der Waals surface area contributed by atoms with Gasteiger partial charge in [-0.25, -0.2) is 0 Å². The van der Waals surface area contributed by atoms with Gasteiger partial charge in [0.25, 0.3) is 0 Å². The van der Waals surface area contributed by atoms with Crippen LogP contribution in [0.1, 0.15) is 24.8 Å². The molecule has 1 aliphatic heterocycles. The average Bonchev–Trinajstić information content (AvgIpc) is 3.28. The zero-order chi connectivity index (χ0) is 28.1. The summed E-state index contributed by atoms with van der Waals surface area (Å²) in [5.41, 5.74) is 4.15. The second-order valence-corrected chi connectivity index (χ2v) is 10.5. The first-order valence-corrected chi connectivity index (χ1v) is 13.9. The highest BCUT2D eigenvalue weighted by atomic mass is 35.5. The summed E-state index contributed by atoms with van der Waals surface area (Å²) in [5, 5.41) is 4.90. The molecule has 0 unspecified atom stereocenters. The van der Waals surface area contributed by atoms with Gasteiger partial charge in [-0.05, 0) is 80.4 Å². The van der Waals surface area contributed by atoms with E-state index in [0.29, 0.717) is 5.02 Å². The van der Waals surface area contributed by atoms with Crippen molar-refractivity contribution >= 4 is 22.5 Å². The van der Waals surface area contributed by atoms with Gasteiger partial charge in [0.1, 0.15) is 17.6 Å². The van der Waals surface area contributed by atoms with Gasteiger partial charge < -0.3 is 19.4 Å². The lowest BCUT2D eigenvalue weighted by molar-refractivity contribution is -0.274. The summed E-state index contributed by atoms with van der Waals surface area (Å²) in [5.74, 6) is 0.509. The fourth-order valence-electron chi connectivity index (χ4n) is 5.28. The molecule has 3 aromatic carbocycles. The monoisotopic (exact) mass is 571 g/mol. The van der Waals surface area contributed by atoms with Crippen LogP contribution in [0.15, 0.2) is 72.9 Å². The minimum Gasteiger partial charge on any atom is -0.489 e. The van der Waals surface area contributed by atoms with E-state index in [0.717, 1.165) is 79.8 Å². The molecule has 0 aliphatic carbocycles. The molecule has 0 atom stereocenters. The number of nitrogens with one attached hydrogen (secondary N) is 1. The number of benzene rings is 3. The smallest absolute Gasteiger partial charge is 0.489 e. The molecule has 9 heteroatoms. The standard InChI is InChI=1S/C31H33ClF3N3O2/c1-36-15-4-16-38-21-27(23-8-10-25(11-9-23)40-31(33,34)35)26-19-22(7-12-29(26)38)20-37-17-13-24(14-18-37)39-30-6-3-2-5-28(30)32/h2-3,5-12,19,21,24,36H,4,13-18,20H2,1H3. The summed E-state index contributed by atoms with van der Waals surface area (Å²) in [4.78, 5) is 2.43. The Balaban J connectivity index is 1.32. The van der Waals surface area contributed by atoms with Crippen molar-refractivity contribution in [3.8, 4) is 22.6 Å². The Morgan fingerprint density at radius 2 is 1.75 bits per heavy atom. The molecule has 1 fully saturated rings. The number of ether oxygens (including phenoxy) is 2. The number of likely N-dealkylation sites (tertiary alicyclic amines) is 1. The van der Waals surface area contributed by atoms with Crippen LogP contribution < -0.4 is 14.8 Å². The second-order valence-electron chi connectivity index (χ2n) is 10.1. The number of alkyl halides is 3. The summed E-state index contributed by atoms with van der Waals surface area (Å²) >= 11 is 6.26. The van der Waals surface area contributed by atoms with Crippen LogP contribution >= 0.6 is 11.6 Å². The second kappa shape index (κ2) is 12.5. The van der Waals surface area contributed by atoms with Gasteiger partial charge in [-0.1, -0.05) is 41.9 Å². The van der Waals surface area contributed by atoms with Gasteiger partial charge in [-0.3, -0.25) is 4.90 Å². The highest BCUT2D eigenvalue weighted by Gasteiger charge is 2.31. The van der Waals surface area contributed by atoms with Crippen molar-refractivity contribution in [2.45, 2.75) is 44.8 Å². The molecule has 0 spiro atoms. The summed E-state index contributed by atoms with van der Waals surface area (Å²) in [6, 6.07) is 20.2. The maximum Gasteiger partial charge on any atom is 0.573 e. The number of piperidine rings is 1. The van der Waals surface area contributed by atoms with Gasteiger partial charge in [-0.2, -0.15) is 0 Å². The number of nitrogens with zero attached hydrogens (tertiary/aromatic N) is 2. The molecular weight excluding hydrogens is 539 g/mol. The van der Waals surface area contributed by atoms with Crippen molar-refractivity contribution in [2.24, 2.45) is 0 Å². The Bertz CT molecular complexity index is 1410. The minimum absolute atomic E-state index is 0.140. The molecule has 1 N–H and O–H groups in total. The number of aromatic nitrogens is 1. The van der Waals surface area contributed by atoms with E-state index in [-0.39, 0.29) is 11.9 Å². The Kier molecular flexibility index (Phi) is 8.88. The van der Waals surface area contributed by atoms with Crippen molar-refractivity contribution in [3.63, 3.8) is 0 Å². The summed E-state index contributed by atoms with van der Waals surface area (Å²) in [7, 11) is 1.93. The molecule has 0 radical (unpaired) electrons. The van der Waals surface area contributed by atoms with Gasteiger partial charge in [0, 0.05) is 48.8 Å². The quantitative estimate of drug-likeness (QED) is 0.200. The maximum absolute atomic E-state index is 12.6. The minimum atomic E-state index is -4.71. The van der Waals surface area contributed by atoms with Crippen LogP contribution in [0.5, 0.6) is 11.5 Å². The zero-order valence-corrected chi connectivity index (χ0v) is 23.1. The van der Waals surface area contributed by atoms with E-state index < -0.39 is 6.36 Å². The number of aryl methyl sites for hydroxylation is 1. The largest absolute Gasteiger partial charge is 0.573 e. The van der Waals surface area contributed by atoms with Crippen LogP contribution in [0.3, 0.4) is 0 Å². The molecule has 5 rings (SSSR count). The third kappa shape index (κ3) is 7.11. The Hall–Kier alpha value is -3.20. The van der Waals surface area contributed by atoms with Gasteiger partial charge in [0.15, 0.2) is 0 Å². The number of fused-ring (bicyclic) bond motifs is 1. The fourth-order valence-corrected chi connectivity index (χ4v) is 5.46. The molecule has 1 saturated heterocycles. The van der Waals surface area contributed by atoms with E-state index >= 15 is 0 Å². The molecule has 0 saturated carbocycles. The number of rotatable bonds is 10. The molecule has 1 aromatic heterocycles.